The third-order valence-electron chi connectivity index (χ3n) is 1.77. The van der Waals surface area contributed by atoms with Gasteiger partial charge in [0.25, 0.3) is 0 Å². The summed E-state index contributed by atoms with van der Waals surface area (Å²) in [6.45, 7) is 1.81. The summed E-state index contributed by atoms with van der Waals surface area (Å²) in [5.74, 6) is 0.633. The van der Waals surface area contributed by atoms with E-state index in [0.29, 0.717) is 11.4 Å². The quantitative estimate of drug-likeness (QED) is 0.670. The lowest BCUT2D eigenvalue weighted by Crippen LogP contribution is -1.86. The molecule has 2 aromatic rings. The van der Waals surface area contributed by atoms with Crippen molar-refractivity contribution in [3.63, 3.8) is 0 Å². The predicted molar refractivity (Wildman–Crippen MR) is 45.4 cm³/mol. The van der Waals surface area contributed by atoms with Crippen molar-refractivity contribution in [1.82, 2.24) is 10.1 Å². The van der Waals surface area contributed by atoms with E-state index >= 15 is 0 Å². The Balaban J connectivity index is 2.55. The molecule has 0 spiro atoms. The van der Waals surface area contributed by atoms with E-state index in [-0.39, 0.29) is 0 Å². The molecule has 0 amide bonds. The van der Waals surface area contributed by atoms with E-state index < -0.39 is 0 Å². The Hall–Kier alpha value is -1.71. The summed E-state index contributed by atoms with van der Waals surface area (Å²) < 4.78 is 5.04. The number of rotatable bonds is 1. The number of anilines is 1. The van der Waals surface area contributed by atoms with Crippen LogP contribution in [0.15, 0.2) is 23.0 Å². The largest absolute Gasteiger partial charge is 0.394 e. The second kappa shape index (κ2) is 2.41. The van der Waals surface area contributed by atoms with Gasteiger partial charge in [0.2, 0.25) is 0 Å². The third-order valence-corrected chi connectivity index (χ3v) is 1.77. The molecular formula is C8H9N3O. The highest BCUT2D eigenvalue weighted by Gasteiger charge is 2.10. The Kier molecular flexibility index (Phi) is 1.40. The number of hydrogen-bond donors (Lipinski definition) is 2. The maximum atomic E-state index is 5.72. The molecule has 4 heteroatoms. The minimum Gasteiger partial charge on any atom is -0.394 e. The lowest BCUT2D eigenvalue weighted by Gasteiger charge is -1.90. The number of H-pyrrole nitrogens is 1. The van der Waals surface area contributed by atoms with Crippen LogP contribution in [0, 0.1) is 6.92 Å². The minimum absolute atomic E-state index is 0.606. The van der Waals surface area contributed by atoms with Gasteiger partial charge in [-0.2, -0.15) is 0 Å². The van der Waals surface area contributed by atoms with Gasteiger partial charge in [-0.1, -0.05) is 5.16 Å². The van der Waals surface area contributed by atoms with E-state index in [9.17, 15) is 0 Å². The highest BCUT2D eigenvalue weighted by atomic mass is 16.5. The highest BCUT2D eigenvalue weighted by Crippen LogP contribution is 2.27. The van der Waals surface area contributed by atoms with Gasteiger partial charge in [-0.15, -0.1) is 0 Å². The fourth-order valence-electron chi connectivity index (χ4n) is 1.05. The van der Waals surface area contributed by atoms with Crippen molar-refractivity contribution < 1.29 is 4.52 Å². The van der Waals surface area contributed by atoms with Gasteiger partial charge in [-0.05, 0) is 13.0 Å². The lowest BCUT2D eigenvalue weighted by atomic mass is 10.2. The van der Waals surface area contributed by atoms with Crippen LogP contribution in [0.25, 0.3) is 11.3 Å². The average Bonchev–Trinajstić information content (AvgIpc) is 2.64. The van der Waals surface area contributed by atoms with Crippen LogP contribution in [0.4, 0.5) is 5.69 Å². The second-order valence-corrected chi connectivity index (χ2v) is 2.61. The number of nitrogens with zero attached hydrogens (tertiary/aromatic N) is 1. The van der Waals surface area contributed by atoms with Crippen LogP contribution in [-0.2, 0) is 0 Å². The fourth-order valence-corrected chi connectivity index (χ4v) is 1.05. The van der Waals surface area contributed by atoms with E-state index in [2.05, 4.69) is 10.1 Å². The van der Waals surface area contributed by atoms with Crippen molar-refractivity contribution in [2.75, 3.05) is 5.73 Å². The number of hydrogen-bond acceptors (Lipinski definition) is 3. The van der Waals surface area contributed by atoms with Gasteiger partial charge >= 0.3 is 0 Å². The van der Waals surface area contributed by atoms with E-state index in [1.165, 1.54) is 0 Å². The first kappa shape index (κ1) is 6.97. The summed E-state index contributed by atoms with van der Waals surface area (Å²) in [7, 11) is 0. The fraction of sp³-hybridized carbons (Fsp3) is 0.125. The molecule has 2 heterocycles. The van der Waals surface area contributed by atoms with Gasteiger partial charge in [-0.3, -0.25) is 0 Å². The molecule has 0 saturated carbocycles. The molecule has 0 aliphatic carbocycles. The first-order valence-electron chi connectivity index (χ1n) is 3.64. The molecule has 0 atom stereocenters. The standard InChI is InChI=1S/C8H9N3O/c1-5-7(9)8(12-11-5)6-2-3-10-4-6/h2-4,10H,9H2,1H3. The number of aromatic amines is 1. The minimum atomic E-state index is 0.606. The average molecular weight is 163 g/mol. The second-order valence-electron chi connectivity index (χ2n) is 2.61. The van der Waals surface area contributed by atoms with E-state index in [4.69, 9.17) is 10.3 Å². The van der Waals surface area contributed by atoms with E-state index in [1.807, 2.05) is 25.4 Å². The molecule has 12 heavy (non-hydrogen) atoms. The topological polar surface area (TPSA) is 67.8 Å². The molecule has 4 nitrogen and oxygen atoms in total. The van der Waals surface area contributed by atoms with Gasteiger partial charge in [0.05, 0.1) is 0 Å². The molecule has 0 unspecified atom stereocenters. The van der Waals surface area contributed by atoms with Crippen LogP contribution in [-0.4, -0.2) is 10.1 Å². The van der Waals surface area contributed by atoms with Crippen molar-refractivity contribution in [3.8, 4) is 11.3 Å². The molecule has 3 N–H and O–H groups in total. The number of aromatic nitrogens is 2. The van der Waals surface area contributed by atoms with Gasteiger partial charge in [0, 0.05) is 18.0 Å². The Labute approximate surface area is 69.4 Å². The number of aryl methyl sites for hydroxylation is 1. The first-order valence-corrected chi connectivity index (χ1v) is 3.64. The third kappa shape index (κ3) is 0.887. The van der Waals surface area contributed by atoms with E-state index in [1.54, 1.807) is 0 Å². The van der Waals surface area contributed by atoms with Gasteiger partial charge in [0.1, 0.15) is 11.4 Å². The van der Waals surface area contributed by atoms with Crippen molar-refractivity contribution in [2.45, 2.75) is 6.92 Å². The Morgan fingerprint density at radius 1 is 1.58 bits per heavy atom. The van der Waals surface area contributed by atoms with Crippen molar-refractivity contribution in [3.05, 3.63) is 24.2 Å². The van der Waals surface area contributed by atoms with E-state index in [0.717, 1.165) is 11.3 Å². The van der Waals surface area contributed by atoms with Crippen LogP contribution < -0.4 is 5.73 Å². The molecule has 2 rings (SSSR count). The number of nitrogens with one attached hydrogen (secondary N) is 1. The maximum absolute atomic E-state index is 5.72. The normalized spacial score (nSPS) is 10.4. The summed E-state index contributed by atoms with van der Waals surface area (Å²) in [5.41, 5.74) is 7.98. The van der Waals surface area contributed by atoms with Crippen LogP contribution in [0.2, 0.25) is 0 Å². The lowest BCUT2D eigenvalue weighted by molar-refractivity contribution is 0.427. The van der Waals surface area contributed by atoms with Gasteiger partial charge in [-0.25, -0.2) is 0 Å². The highest BCUT2D eigenvalue weighted by molar-refractivity contribution is 5.71. The van der Waals surface area contributed by atoms with Gasteiger partial charge < -0.3 is 15.2 Å². The molecule has 0 radical (unpaired) electrons. The van der Waals surface area contributed by atoms with Crippen molar-refractivity contribution in [1.29, 1.82) is 0 Å². The predicted octanol–water partition coefficient (Wildman–Crippen LogP) is 1.56. The molecule has 0 aromatic carbocycles. The van der Waals surface area contributed by atoms with Crippen molar-refractivity contribution in [2.24, 2.45) is 0 Å². The molecule has 0 fully saturated rings. The van der Waals surface area contributed by atoms with Crippen LogP contribution in [0.3, 0.4) is 0 Å². The van der Waals surface area contributed by atoms with Crippen molar-refractivity contribution >= 4 is 5.69 Å². The van der Waals surface area contributed by atoms with Crippen LogP contribution >= 0.6 is 0 Å². The molecule has 0 saturated heterocycles. The summed E-state index contributed by atoms with van der Waals surface area (Å²) in [6.07, 6.45) is 3.63. The molecular weight excluding hydrogens is 154 g/mol. The number of nitrogens with two attached hydrogens (primary N) is 1. The summed E-state index contributed by atoms with van der Waals surface area (Å²) in [6, 6.07) is 1.89. The van der Waals surface area contributed by atoms with Crippen LogP contribution in [0.1, 0.15) is 5.69 Å². The zero-order valence-electron chi connectivity index (χ0n) is 6.66. The SMILES string of the molecule is Cc1noc(-c2cc[nH]c2)c1N. The number of nitrogen functional groups attached to an aromatic ring is 1. The smallest absolute Gasteiger partial charge is 0.191 e. The molecule has 0 aliphatic rings. The summed E-state index contributed by atoms with van der Waals surface area (Å²) >= 11 is 0. The Morgan fingerprint density at radius 2 is 2.42 bits per heavy atom. The molecule has 2 aromatic heterocycles. The zero-order chi connectivity index (χ0) is 8.55. The van der Waals surface area contributed by atoms with Crippen LogP contribution in [0.5, 0.6) is 0 Å². The summed E-state index contributed by atoms with van der Waals surface area (Å²) in [5, 5.41) is 3.76. The van der Waals surface area contributed by atoms with Gasteiger partial charge in [0.15, 0.2) is 5.76 Å². The molecule has 0 aliphatic heterocycles. The summed E-state index contributed by atoms with van der Waals surface area (Å²) in [4.78, 5) is 2.92. The molecule has 62 valence electrons. The first-order chi connectivity index (χ1) is 5.79. The Morgan fingerprint density at radius 3 is 2.92 bits per heavy atom. The molecule has 0 bridgehead atoms. The Bertz CT molecular complexity index is 375. The zero-order valence-corrected chi connectivity index (χ0v) is 6.66. The maximum Gasteiger partial charge on any atom is 0.191 e. The monoisotopic (exact) mass is 163 g/mol.